The van der Waals surface area contributed by atoms with E-state index in [4.69, 9.17) is 10.00 Å². The smallest absolute Gasteiger partial charge is 0.123 e. The molecule has 0 amide bonds. The van der Waals surface area contributed by atoms with Gasteiger partial charge in [0.05, 0.1) is 6.07 Å². The second kappa shape index (κ2) is 10.2. The normalized spacial score (nSPS) is 21.2. The number of β-amino-alcohol motifs (C(OH)–C–C–N with tert-alkyl or cyclic N) is 1. The van der Waals surface area contributed by atoms with Crippen LogP contribution in [0.5, 0.6) is 5.75 Å². The summed E-state index contributed by atoms with van der Waals surface area (Å²) in [6.07, 6.45) is 1.44. The van der Waals surface area contributed by atoms with E-state index in [-0.39, 0.29) is 5.92 Å². The molecule has 0 aromatic heterocycles. The fraction of sp³-hybridized carbons (Fsp3) is 0.650. The molecule has 0 spiro atoms. The van der Waals surface area contributed by atoms with Crippen LogP contribution in [0.4, 0.5) is 0 Å². The number of thioether (sulfide) groups is 1. The third-order valence-corrected chi connectivity index (χ3v) is 6.08. The molecule has 0 radical (unpaired) electrons. The first-order chi connectivity index (χ1) is 12.7. The SMILES string of the molecule is N#CC1CCN(Cc2ccccc2OCC(O)CN2CCSCC2)CC1. The Balaban J connectivity index is 1.48. The summed E-state index contributed by atoms with van der Waals surface area (Å²) in [5.74, 6) is 3.38. The van der Waals surface area contributed by atoms with E-state index in [1.165, 1.54) is 0 Å². The Bertz CT molecular complexity index is 593. The maximum atomic E-state index is 10.3. The summed E-state index contributed by atoms with van der Waals surface area (Å²) in [7, 11) is 0. The van der Waals surface area contributed by atoms with E-state index in [9.17, 15) is 5.11 Å². The number of rotatable bonds is 7. The van der Waals surface area contributed by atoms with Crippen molar-refractivity contribution in [3.8, 4) is 11.8 Å². The third-order valence-electron chi connectivity index (χ3n) is 5.14. The van der Waals surface area contributed by atoms with Crippen molar-refractivity contribution < 1.29 is 9.84 Å². The molecule has 2 heterocycles. The molecular formula is C20H29N3O2S. The monoisotopic (exact) mass is 375 g/mol. The number of para-hydroxylation sites is 1. The Morgan fingerprint density at radius 1 is 1.15 bits per heavy atom. The number of aliphatic hydroxyl groups is 1. The van der Waals surface area contributed by atoms with Gasteiger partial charge in [0.15, 0.2) is 0 Å². The van der Waals surface area contributed by atoms with Crippen molar-refractivity contribution in [3.05, 3.63) is 29.8 Å². The number of hydrogen-bond donors (Lipinski definition) is 1. The second-order valence-corrected chi connectivity index (χ2v) is 8.39. The molecule has 0 saturated carbocycles. The van der Waals surface area contributed by atoms with Gasteiger partial charge in [0.25, 0.3) is 0 Å². The highest BCUT2D eigenvalue weighted by Crippen LogP contribution is 2.23. The van der Waals surface area contributed by atoms with Crippen LogP contribution in [-0.4, -0.2) is 71.8 Å². The molecule has 6 heteroatoms. The molecule has 2 fully saturated rings. The van der Waals surface area contributed by atoms with Crippen molar-refractivity contribution in [1.29, 1.82) is 5.26 Å². The Kier molecular flexibility index (Phi) is 7.63. The average Bonchev–Trinajstić information content (AvgIpc) is 2.69. The minimum atomic E-state index is -0.461. The van der Waals surface area contributed by atoms with Crippen LogP contribution >= 0.6 is 11.8 Å². The summed E-state index contributed by atoms with van der Waals surface area (Å²) in [6.45, 7) is 5.88. The molecule has 2 aliphatic heterocycles. The van der Waals surface area contributed by atoms with Gasteiger partial charge >= 0.3 is 0 Å². The summed E-state index contributed by atoms with van der Waals surface area (Å²) >= 11 is 1.98. The number of ether oxygens (including phenoxy) is 1. The van der Waals surface area contributed by atoms with Gasteiger partial charge in [-0.25, -0.2) is 0 Å². The molecule has 3 rings (SSSR count). The predicted molar refractivity (Wildman–Crippen MR) is 105 cm³/mol. The van der Waals surface area contributed by atoms with Gasteiger partial charge in [0.1, 0.15) is 18.5 Å². The number of nitriles is 1. The van der Waals surface area contributed by atoms with Gasteiger partial charge in [-0.2, -0.15) is 17.0 Å². The largest absolute Gasteiger partial charge is 0.491 e. The minimum absolute atomic E-state index is 0.209. The third kappa shape index (κ3) is 5.88. The topological polar surface area (TPSA) is 59.7 Å². The number of benzene rings is 1. The van der Waals surface area contributed by atoms with Crippen molar-refractivity contribution in [2.75, 3.05) is 50.8 Å². The van der Waals surface area contributed by atoms with Crippen LogP contribution in [0.1, 0.15) is 18.4 Å². The van der Waals surface area contributed by atoms with Gasteiger partial charge in [-0.3, -0.25) is 9.80 Å². The summed E-state index contributed by atoms with van der Waals surface area (Å²) in [5, 5.41) is 19.4. The van der Waals surface area contributed by atoms with Crippen molar-refractivity contribution >= 4 is 11.8 Å². The highest BCUT2D eigenvalue weighted by molar-refractivity contribution is 7.99. The second-order valence-electron chi connectivity index (χ2n) is 7.17. The average molecular weight is 376 g/mol. The van der Waals surface area contributed by atoms with Crippen LogP contribution in [0.2, 0.25) is 0 Å². The summed E-state index contributed by atoms with van der Waals surface area (Å²) < 4.78 is 5.96. The summed E-state index contributed by atoms with van der Waals surface area (Å²) in [5.41, 5.74) is 1.16. The Labute approximate surface area is 160 Å². The van der Waals surface area contributed by atoms with Crippen LogP contribution < -0.4 is 4.74 Å². The number of nitrogens with zero attached hydrogens (tertiary/aromatic N) is 3. The highest BCUT2D eigenvalue weighted by atomic mass is 32.2. The van der Waals surface area contributed by atoms with E-state index in [0.29, 0.717) is 13.2 Å². The van der Waals surface area contributed by atoms with Gasteiger partial charge in [0, 0.05) is 49.2 Å². The maximum absolute atomic E-state index is 10.3. The van der Waals surface area contributed by atoms with E-state index < -0.39 is 6.10 Å². The van der Waals surface area contributed by atoms with Crippen LogP contribution in [0.3, 0.4) is 0 Å². The molecule has 26 heavy (non-hydrogen) atoms. The first-order valence-corrected chi connectivity index (χ1v) is 10.7. The summed E-state index contributed by atoms with van der Waals surface area (Å²) in [4.78, 5) is 4.70. The molecule has 1 aromatic carbocycles. The van der Waals surface area contributed by atoms with Crippen molar-refractivity contribution in [1.82, 2.24) is 9.80 Å². The predicted octanol–water partition coefficient (Wildman–Crippen LogP) is 2.21. The number of likely N-dealkylation sites (tertiary alicyclic amines) is 1. The highest BCUT2D eigenvalue weighted by Gasteiger charge is 2.20. The van der Waals surface area contributed by atoms with Crippen molar-refractivity contribution in [2.24, 2.45) is 5.92 Å². The number of hydrogen-bond acceptors (Lipinski definition) is 6. The molecule has 0 bridgehead atoms. The van der Waals surface area contributed by atoms with Crippen LogP contribution in [-0.2, 0) is 6.54 Å². The van der Waals surface area contributed by atoms with Gasteiger partial charge in [-0.1, -0.05) is 18.2 Å². The van der Waals surface area contributed by atoms with E-state index in [1.807, 2.05) is 30.0 Å². The molecule has 142 valence electrons. The van der Waals surface area contributed by atoms with Gasteiger partial charge in [-0.05, 0) is 32.0 Å². The lowest BCUT2D eigenvalue weighted by Crippen LogP contribution is -2.40. The Hall–Kier alpha value is -1.26. The van der Waals surface area contributed by atoms with E-state index in [1.54, 1.807) is 0 Å². The Morgan fingerprint density at radius 2 is 1.88 bits per heavy atom. The fourth-order valence-corrected chi connectivity index (χ4v) is 4.54. The lowest BCUT2D eigenvalue weighted by Gasteiger charge is -2.30. The Morgan fingerprint density at radius 3 is 2.62 bits per heavy atom. The van der Waals surface area contributed by atoms with Gasteiger partial charge < -0.3 is 9.84 Å². The standard InChI is InChI=1S/C20H29N3O2S/c21-13-17-5-7-22(8-6-17)14-18-3-1-2-4-20(18)25-16-19(24)15-23-9-11-26-12-10-23/h1-4,17,19,24H,5-12,14-16H2. The first kappa shape index (κ1) is 19.5. The zero-order chi connectivity index (χ0) is 18.2. The summed E-state index contributed by atoms with van der Waals surface area (Å²) in [6, 6.07) is 10.5. The van der Waals surface area contributed by atoms with Gasteiger partial charge in [0.2, 0.25) is 0 Å². The maximum Gasteiger partial charge on any atom is 0.123 e. The first-order valence-electron chi connectivity index (χ1n) is 9.55. The molecule has 1 unspecified atom stereocenters. The van der Waals surface area contributed by atoms with Crippen LogP contribution in [0, 0.1) is 17.2 Å². The number of piperidine rings is 1. The molecule has 0 aliphatic carbocycles. The molecule has 1 atom stereocenters. The minimum Gasteiger partial charge on any atom is -0.491 e. The molecule has 1 N–H and O–H groups in total. The molecule has 2 saturated heterocycles. The van der Waals surface area contributed by atoms with Crippen LogP contribution in [0.25, 0.3) is 0 Å². The number of aliphatic hydroxyl groups excluding tert-OH is 1. The quantitative estimate of drug-likeness (QED) is 0.789. The zero-order valence-electron chi connectivity index (χ0n) is 15.3. The molecular weight excluding hydrogens is 346 g/mol. The molecule has 2 aliphatic rings. The molecule has 1 aromatic rings. The van der Waals surface area contributed by atoms with Crippen molar-refractivity contribution in [3.63, 3.8) is 0 Å². The van der Waals surface area contributed by atoms with E-state index >= 15 is 0 Å². The lowest BCUT2D eigenvalue weighted by molar-refractivity contribution is 0.0707. The van der Waals surface area contributed by atoms with Crippen LogP contribution in [0.15, 0.2) is 24.3 Å². The fourth-order valence-electron chi connectivity index (χ4n) is 3.56. The van der Waals surface area contributed by atoms with Gasteiger partial charge in [-0.15, -0.1) is 0 Å². The molecule has 5 nitrogen and oxygen atoms in total. The zero-order valence-corrected chi connectivity index (χ0v) is 16.2. The lowest BCUT2D eigenvalue weighted by atomic mass is 9.98. The van der Waals surface area contributed by atoms with Crippen molar-refractivity contribution in [2.45, 2.75) is 25.5 Å². The van der Waals surface area contributed by atoms with E-state index in [0.717, 1.165) is 68.4 Å². The van der Waals surface area contributed by atoms with E-state index in [2.05, 4.69) is 21.9 Å².